The standard InChI is InChI=1S/C18H22N2O2/c1-6-20(15-9-7-8-12(2)10-15)18(22)16-13(3)11-14(4)19(5)17(16)21/h7-11H,6H2,1-5H3. The topological polar surface area (TPSA) is 42.3 Å². The molecular formula is C18H22N2O2. The van der Waals surface area contributed by atoms with Gasteiger partial charge >= 0.3 is 0 Å². The molecule has 0 aliphatic rings. The number of carbonyl (C=O) groups is 1. The van der Waals surface area contributed by atoms with Gasteiger partial charge in [-0.2, -0.15) is 0 Å². The molecule has 0 saturated carbocycles. The van der Waals surface area contributed by atoms with Crippen molar-refractivity contribution in [3.63, 3.8) is 0 Å². The Morgan fingerprint density at radius 3 is 2.45 bits per heavy atom. The van der Waals surface area contributed by atoms with Crippen molar-refractivity contribution in [3.8, 4) is 0 Å². The Morgan fingerprint density at radius 2 is 1.86 bits per heavy atom. The van der Waals surface area contributed by atoms with Gasteiger partial charge in [0.1, 0.15) is 5.56 Å². The molecule has 0 bridgehead atoms. The number of hydrogen-bond acceptors (Lipinski definition) is 2. The Bertz CT molecular complexity index is 775. The van der Waals surface area contributed by atoms with Crippen molar-refractivity contribution in [2.24, 2.45) is 7.05 Å². The SMILES string of the molecule is CCN(C(=O)c1c(C)cc(C)n(C)c1=O)c1cccc(C)c1. The van der Waals surface area contributed by atoms with Gasteiger partial charge in [-0.25, -0.2) is 0 Å². The second kappa shape index (κ2) is 6.18. The van der Waals surface area contributed by atoms with Crippen molar-refractivity contribution in [2.45, 2.75) is 27.7 Å². The molecule has 0 atom stereocenters. The first-order valence-corrected chi connectivity index (χ1v) is 7.42. The highest BCUT2D eigenvalue weighted by Crippen LogP contribution is 2.19. The van der Waals surface area contributed by atoms with Crippen molar-refractivity contribution in [1.29, 1.82) is 0 Å². The quantitative estimate of drug-likeness (QED) is 0.874. The minimum absolute atomic E-state index is 0.242. The number of carbonyl (C=O) groups excluding carboxylic acids is 1. The molecule has 0 fully saturated rings. The van der Waals surface area contributed by atoms with Gasteiger partial charge in [-0.3, -0.25) is 9.59 Å². The molecule has 1 aromatic heterocycles. The fourth-order valence-electron chi connectivity index (χ4n) is 2.61. The molecule has 116 valence electrons. The summed E-state index contributed by atoms with van der Waals surface area (Å²) in [7, 11) is 1.69. The van der Waals surface area contributed by atoms with E-state index in [1.165, 1.54) is 4.57 Å². The molecule has 4 nitrogen and oxygen atoms in total. The van der Waals surface area contributed by atoms with E-state index in [1.54, 1.807) is 11.9 Å². The van der Waals surface area contributed by atoms with Crippen LogP contribution >= 0.6 is 0 Å². The minimum atomic E-state index is -0.244. The largest absolute Gasteiger partial charge is 0.315 e. The molecule has 1 heterocycles. The minimum Gasteiger partial charge on any atom is -0.315 e. The van der Waals surface area contributed by atoms with Crippen LogP contribution in [0.25, 0.3) is 0 Å². The van der Waals surface area contributed by atoms with E-state index in [4.69, 9.17) is 0 Å². The van der Waals surface area contributed by atoms with Crippen LogP contribution in [0.2, 0.25) is 0 Å². The number of aryl methyl sites for hydroxylation is 3. The van der Waals surface area contributed by atoms with Crippen molar-refractivity contribution >= 4 is 11.6 Å². The molecular weight excluding hydrogens is 276 g/mol. The fraction of sp³-hybridized carbons (Fsp3) is 0.333. The summed E-state index contributed by atoms with van der Waals surface area (Å²) in [5.74, 6) is -0.244. The van der Waals surface area contributed by atoms with Crippen molar-refractivity contribution in [3.05, 3.63) is 63.1 Å². The molecule has 22 heavy (non-hydrogen) atoms. The Hall–Kier alpha value is -2.36. The van der Waals surface area contributed by atoms with Gasteiger partial charge in [-0.15, -0.1) is 0 Å². The summed E-state index contributed by atoms with van der Waals surface area (Å²) in [4.78, 5) is 27.0. The first-order chi connectivity index (χ1) is 10.4. The Kier molecular flexibility index (Phi) is 4.50. The van der Waals surface area contributed by atoms with Crippen LogP contribution in [0.1, 0.15) is 34.1 Å². The average Bonchev–Trinajstić information content (AvgIpc) is 2.46. The predicted molar refractivity (Wildman–Crippen MR) is 89.7 cm³/mol. The number of hydrogen-bond donors (Lipinski definition) is 0. The Balaban J connectivity index is 2.55. The fourth-order valence-corrected chi connectivity index (χ4v) is 2.61. The molecule has 0 aliphatic heterocycles. The monoisotopic (exact) mass is 298 g/mol. The summed E-state index contributed by atoms with van der Waals surface area (Å²) < 4.78 is 1.52. The molecule has 2 aromatic rings. The van der Waals surface area contributed by atoms with Crippen LogP contribution in [0, 0.1) is 20.8 Å². The highest BCUT2D eigenvalue weighted by atomic mass is 16.2. The Labute approximate surface area is 131 Å². The maximum Gasteiger partial charge on any atom is 0.264 e. The maximum absolute atomic E-state index is 12.9. The second-order valence-electron chi connectivity index (χ2n) is 5.60. The van der Waals surface area contributed by atoms with E-state index in [1.807, 2.05) is 58.0 Å². The van der Waals surface area contributed by atoms with Gasteiger partial charge in [-0.1, -0.05) is 12.1 Å². The third-order valence-corrected chi connectivity index (χ3v) is 3.96. The summed E-state index contributed by atoms with van der Waals surface area (Å²) in [6.07, 6.45) is 0. The van der Waals surface area contributed by atoms with Crippen LogP contribution in [-0.2, 0) is 7.05 Å². The summed E-state index contributed by atoms with van der Waals surface area (Å²) in [6.45, 7) is 8.08. The lowest BCUT2D eigenvalue weighted by atomic mass is 10.1. The number of amides is 1. The third-order valence-electron chi connectivity index (χ3n) is 3.96. The first-order valence-electron chi connectivity index (χ1n) is 7.42. The third kappa shape index (κ3) is 2.82. The zero-order valence-corrected chi connectivity index (χ0v) is 13.8. The molecule has 0 radical (unpaired) electrons. The van der Waals surface area contributed by atoms with Gasteiger partial charge in [0, 0.05) is 25.0 Å². The number of rotatable bonds is 3. The molecule has 0 spiro atoms. The van der Waals surface area contributed by atoms with Crippen LogP contribution in [-0.4, -0.2) is 17.0 Å². The smallest absolute Gasteiger partial charge is 0.264 e. The van der Waals surface area contributed by atoms with E-state index >= 15 is 0 Å². The van der Waals surface area contributed by atoms with E-state index in [9.17, 15) is 9.59 Å². The van der Waals surface area contributed by atoms with Crippen molar-refractivity contribution < 1.29 is 4.79 Å². The molecule has 0 unspecified atom stereocenters. The van der Waals surface area contributed by atoms with Gasteiger partial charge in [0.05, 0.1) is 0 Å². The summed E-state index contributed by atoms with van der Waals surface area (Å²) >= 11 is 0. The maximum atomic E-state index is 12.9. The van der Waals surface area contributed by atoms with Crippen LogP contribution in [0.15, 0.2) is 35.1 Å². The molecule has 0 saturated heterocycles. The number of anilines is 1. The van der Waals surface area contributed by atoms with E-state index in [2.05, 4.69) is 0 Å². The average molecular weight is 298 g/mol. The van der Waals surface area contributed by atoms with E-state index < -0.39 is 0 Å². The van der Waals surface area contributed by atoms with Crippen LogP contribution < -0.4 is 10.5 Å². The zero-order valence-electron chi connectivity index (χ0n) is 13.8. The number of benzene rings is 1. The zero-order chi connectivity index (χ0) is 16.4. The van der Waals surface area contributed by atoms with Crippen molar-refractivity contribution in [2.75, 3.05) is 11.4 Å². The predicted octanol–water partition coefficient (Wildman–Crippen LogP) is 2.98. The van der Waals surface area contributed by atoms with Gasteiger partial charge < -0.3 is 9.47 Å². The van der Waals surface area contributed by atoms with Gasteiger partial charge in [0.25, 0.3) is 11.5 Å². The number of aromatic nitrogens is 1. The lowest BCUT2D eigenvalue weighted by molar-refractivity contribution is 0.0985. The van der Waals surface area contributed by atoms with Crippen LogP contribution in [0.3, 0.4) is 0 Å². The molecule has 0 N–H and O–H groups in total. The lowest BCUT2D eigenvalue weighted by Crippen LogP contribution is -2.37. The van der Waals surface area contributed by atoms with Gasteiger partial charge in [0.2, 0.25) is 0 Å². The second-order valence-corrected chi connectivity index (χ2v) is 5.60. The van der Waals surface area contributed by atoms with E-state index in [0.717, 1.165) is 22.5 Å². The molecule has 2 rings (SSSR count). The number of nitrogens with zero attached hydrogens (tertiary/aromatic N) is 2. The normalized spacial score (nSPS) is 10.6. The Morgan fingerprint density at radius 1 is 1.18 bits per heavy atom. The summed E-state index contributed by atoms with van der Waals surface area (Å²) in [6, 6.07) is 9.62. The lowest BCUT2D eigenvalue weighted by Gasteiger charge is -2.22. The van der Waals surface area contributed by atoms with Crippen molar-refractivity contribution in [1.82, 2.24) is 4.57 Å². The first kappa shape index (κ1) is 16.0. The van der Waals surface area contributed by atoms with E-state index in [0.29, 0.717) is 6.54 Å². The highest BCUT2D eigenvalue weighted by molar-refractivity contribution is 6.06. The number of pyridine rings is 1. The molecule has 4 heteroatoms. The molecule has 0 aliphatic carbocycles. The highest BCUT2D eigenvalue weighted by Gasteiger charge is 2.22. The van der Waals surface area contributed by atoms with Crippen LogP contribution in [0.4, 0.5) is 5.69 Å². The van der Waals surface area contributed by atoms with Crippen LogP contribution in [0.5, 0.6) is 0 Å². The van der Waals surface area contributed by atoms with Gasteiger partial charge in [-0.05, 0) is 57.0 Å². The van der Waals surface area contributed by atoms with E-state index in [-0.39, 0.29) is 17.0 Å². The summed E-state index contributed by atoms with van der Waals surface area (Å²) in [5.41, 5.74) is 3.46. The molecule has 1 aromatic carbocycles. The van der Waals surface area contributed by atoms with Gasteiger partial charge in [0.15, 0.2) is 0 Å². The summed E-state index contributed by atoms with van der Waals surface area (Å²) in [5, 5.41) is 0. The molecule has 1 amide bonds.